The fourth-order valence-corrected chi connectivity index (χ4v) is 9.24. The number of nitrogens with one attached hydrogen (secondary N) is 2. The molecule has 16 nitrogen and oxygen atoms in total. The Bertz CT molecular complexity index is 2580. The van der Waals surface area contributed by atoms with Crippen molar-refractivity contribution in [3.05, 3.63) is 94.0 Å². The van der Waals surface area contributed by atoms with E-state index in [0.29, 0.717) is 82.0 Å². The Morgan fingerprint density at radius 2 is 1.58 bits per heavy atom. The molecule has 2 aliphatic heterocycles. The SMILES string of the molecule is CCC(C)(C)C(=O)C(=O)N1CCCC[C@H]1C(=O)O[C@H](CCc1ccc(C)c(C)c1)c1cccc(NC(=O)CCC(=O)CCCCCNC(=O)COc2cccc3c2C(=O)N(C2CCCC(=O)CC2=O)C3=O)c1. The van der Waals surface area contributed by atoms with Gasteiger partial charge in [0.1, 0.15) is 29.5 Å². The van der Waals surface area contributed by atoms with Crippen LogP contribution in [-0.2, 0) is 49.5 Å². The molecule has 3 aliphatic rings. The first-order valence-corrected chi connectivity index (χ1v) is 25.4. The van der Waals surface area contributed by atoms with E-state index in [1.165, 1.54) is 23.1 Å². The van der Waals surface area contributed by atoms with Gasteiger partial charge in [-0.2, -0.15) is 0 Å². The molecule has 1 aliphatic carbocycles. The summed E-state index contributed by atoms with van der Waals surface area (Å²) in [6, 6.07) is 15.8. The zero-order chi connectivity index (χ0) is 52.1. The van der Waals surface area contributed by atoms with Crippen molar-refractivity contribution in [1.82, 2.24) is 15.1 Å². The molecule has 5 amide bonds. The molecule has 2 fully saturated rings. The summed E-state index contributed by atoms with van der Waals surface area (Å²) in [5, 5.41) is 5.62. The van der Waals surface area contributed by atoms with Gasteiger partial charge in [0.25, 0.3) is 23.6 Å². The Morgan fingerprint density at radius 3 is 2.35 bits per heavy atom. The summed E-state index contributed by atoms with van der Waals surface area (Å²) in [6.45, 7) is 9.56. The minimum atomic E-state index is -1.03. The number of hydrogen-bond acceptors (Lipinski definition) is 12. The minimum Gasteiger partial charge on any atom is -0.483 e. The lowest BCUT2D eigenvalue weighted by Gasteiger charge is -2.36. The molecule has 1 saturated heterocycles. The number of ketones is 4. The molecule has 2 N–H and O–H groups in total. The van der Waals surface area contributed by atoms with Crippen molar-refractivity contribution in [3.8, 4) is 5.75 Å². The summed E-state index contributed by atoms with van der Waals surface area (Å²) in [5.74, 6) is -4.65. The van der Waals surface area contributed by atoms with Crippen LogP contribution < -0.4 is 15.4 Å². The molecule has 0 bridgehead atoms. The molecule has 2 heterocycles. The number of imide groups is 1. The number of rotatable bonds is 23. The fraction of sp³-hybridized carbons (Fsp3) is 0.500. The van der Waals surface area contributed by atoms with Crippen molar-refractivity contribution < 1.29 is 57.4 Å². The summed E-state index contributed by atoms with van der Waals surface area (Å²) < 4.78 is 11.9. The number of benzene rings is 3. The van der Waals surface area contributed by atoms with E-state index in [0.717, 1.165) is 21.6 Å². The van der Waals surface area contributed by atoms with Crippen molar-refractivity contribution in [3.63, 3.8) is 0 Å². The van der Waals surface area contributed by atoms with Crippen LogP contribution in [0.4, 0.5) is 5.69 Å². The summed E-state index contributed by atoms with van der Waals surface area (Å²) in [5.41, 5.74) is 3.67. The Hall–Kier alpha value is -6.84. The number of carbonyl (C=O) groups is 10. The van der Waals surface area contributed by atoms with Crippen molar-refractivity contribution in [2.45, 2.75) is 156 Å². The highest BCUT2D eigenvalue weighted by Crippen LogP contribution is 2.35. The lowest BCUT2D eigenvalue weighted by Crippen LogP contribution is -2.53. The van der Waals surface area contributed by atoms with Gasteiger partial charge < -0.3 is 25.0 Å². The lowest BCUT2D eigenvalue weighted by atomic mass is 9.84. The van der Waals surface area contributed by atoms with Crippen LogP contribution in [0.5, 0.6) is 5.75 Å². The third kappa shape index (κ3) is 14.0. The number of fused-ring (bicyclic) bond motifs is 1. The molecule has 384 valence electrons. The van der Waals surface area contributed by atoms with Crippen LogP contribution in [-0.4, -0.2) is 100 Å². The number of anilines is 1. The van der Waals surface area contributed by atoms with E-state index in [1.54, 1.807) is 32.0 Å². The number of aryl methyl sites for hydroxylation is 3. The summed E-state index contributed by atoms with van der Waals surface area (Å²) in [7, 11) is 0. The van der Waals surface area contributed by atoms with Crippen LogP contribution in [0.25, 0.3) is 0 Å². The number of carbonyl (C=O) groups excluding carboxylic acids is 10. The Morgan fingerprint density at radius 1 is 0.806 bits per heavy atom. The maximum Gasteiger partial charge on any atom is 0.329 e. The van der Waals surface area contributed by atoms with Crippen LogP contribution in [0.3, 0.4) is 0 Å². The highest BCUT2D eigenvalue weighted by molar-refractivity contribution is 6.38. The third-order valence-corrected chi connectivity index (χ3v) is 14.1. The van der Waals surface area contributed by atoms with Gasteiger partial charge >= 0.3 is 5.97 Å². The quantitative estimate of drug-likeness (QED) is 0.0234. The predicted octanol–water partition coefficient (Wildman–Crippen LogP) is 7.63. The zero-order valence-electron chi connectivity index (χ0n) is 42.2. The first-order valence-electron chi connectivity index (χ1n) is 25.4. The summed E-state index contributed by atoms with van der Waals surface area (Å²) in [6.07, 6.45) is 5.02. The van der Waals surface area contributed by atoms with Crippen molar-refractivity contribution in [1.29, 1.82) is 0 Å². The van der Waals surface area contributed by atoms with Crippen LogP contribution in [0, 0.1) is 19.3 Å². The summed E-state index contributed by atoms with van der Waals surface area (Å²) >= 11 is 0. The van der Waals surface area contributed by atoms with E-state index < -0.39 is 71.4 Å². The van der Waals surface area contributed by atoms with E-state index in [2.05, 4.69) is 22.8 Å². The molecule has 1 saturated carbocycles. The zero-order valence-corrected chi connectivity index (χ0v) is 42.2. The second kappa shape index (κ2) is 25.0. The number of amides is 5. The van der Waals surface area contributed by atoms with Gasteiger partial charge in [0.2, 0.25) is 11.7 Å². The minimum absolute atomic E-state index is 0.0235. The predicted molar refractivity (Wildman–Crippen MR) is 267 cm³/mol. The fourth-order valence-electron chi connectivity index (χ4n) is 9.24. The Kier molecular flexibility index (Phi) is 18.9. The molecule has 1 unspecified atom stereocenters. The van der Waals surface area contributed by atoms with Crippen LogP contribution in [0.2, 0.25) is 0 Å². The van der Waals surface area contributed by atoms with Gasteiger partial charge in [-0.05, 0) is 125 Å². The van der Waals surface area contributed by atoms with Gasteiger partial charge in [-0.15, -0.1) is 0 Å². The van der Waals surface area contributed by atoms with Crippen molar-refractivity contribution in [2.24, 2.45) is 5.41 Å². The molecule has 6 rings (SSSR count). The number of hydrogen-bond donors (Lipinski definition) is 2. The van der Waals surface area contributed by atoms with Crippen LogP contribution in [0.15, 0.2) is 60.7 Å². The molecule has 0 radical (unpaired) electrons. The Labute approximate surface area is 421 Å². The maximum absolute atomic E-state index is 14.0. The number of ether oxygens (including phenoxy) is 2. The molecular weight excluding hydrogens is 921 g/mol. The highest BCUT2D eigenvalue weighted by atomic mass is 16.5. The van der Waals surface area contributed by atoms with Gasteiger partial charge in [-0.25, -0.2) is 4.79 Å². The Balaban J connectivity index is 0.943. The number of piperidine rings is 1. The van der Waals surface area contributed by atoms with Gasteiger partial charge in [-0.3, -0.25) is 48.1 Å². The summed E-state index contributed by atoms with van der Waals surface area (Å²) in [4.78, 5) is 133. The monoisotopic (exact) mass is 988 g/mol. The maximum atomic E-state index is 14.0. The number of unbranched alkanes of at least 4 members (excludes halogenated alkanes) is 2. The molecule has 16 heteroatoms. The van der Waals surface area contributed by atoms with Crippen LogP contribution >= 0.6 is 0 Å². The van der Waals surface area contributed by atoms with Gasteiger partial charge in [-0.1, -0.05) is 63.6 Å². The first-order chi connectivity index (χ1) is 34.4. The largest absolute Gasteiger partial charge is 0.483 e. The molecule has 72 heavy (non-hydrogen) atoms. The van der Waals surface area contributed by atoms with Gasteiger partial charge in [0, 0.05) is 49.9 Å². The van der Waals surface area contributed by atoms with Crippen molar-refractivity contribution in [2.75, 3.05) is 25.0 Å². The second-order valence-electron chi connectivity index (χ2n) is 19.9. The number of Topliss-reactive ketones (excluding diaryl/α,β-unsaturated/α-hetero) is 4. The van der Waals surface area contributed by atoms with E-state index >= 15 is 0 Å². The molecule has 3 aromatic carbocycles. The molecular formula is C56H68N4O12. The smallest absolute Gasteiger partial charge is 0.329 e. The highest BCUT2D eigenvalue weighted by Gasteiger charge is 2.45. The van der Waals surface area contributed by atoms with Gasteiger partial charge in [0.15, 0.2) is 12.4 Å². The standard InChI is InChI=1S/C56H68N4O12/c1-6-56(4,5)51(66)54(69)59-30-11-9-20-44(59)55(70)72-46(27-25-37-24-23-35(2)36(3)31-37)38-15-12-16-39(32-38)58-48(64)28-26-40(61)17-8-7-10-29-57-49(65)34-71-47-22-14-19-42-50(47)53(68)60(52(42)67)43-21-13-18-41(62)33-45(43)63/h12,14-16,19,22-24,31-32,43-44,46H,6-11,13,17-18,20-21,25-30,33-34H2,1-5H3,(H,57,65)(H,58,64)/t43?,44-,46+/m0/s1. The van der Waals surface area contributed by atoms with E-state index in [1.807, 2.05) is 32.9 Å². The topological polar surface area (TPSA) is 220 Å². The van der Waals surface area contributed by atoms with E-state index in [4.69, 9.17) is 9.47 Å². The lowest BCUT2D eigenvalue weighted by molar-refractivity contribution is -0.164. The average molecular weight is 989 g/mol. The normalized spacial score (nSPS) is 17.5. The average Bonchev–Trinajstić information content (AvgIpc) is 3.49. The second-order valence-corrected chi connectivity index (χ2v) is 19.9. The molecule has 3 atom stereocenters. The molecule has 3 aromatic rings. The number of likely N-dealkylation sites (tertiary alicyclic amines) is 1. The number of esters is 1. The van der Waals surface area contributed by atoms with Crippen molar-refractivity contribution >= 4 is 64.3 Å². The number of nitrogens with zero attached hydrogens (tertiary/aromatic N) is 2. The van der Waals surface area contributed by atoms with E-state index in [9.17, 15) is 47.9 Å². The van der Waals surface area contributed by atoms with Crippen LogP contribution in [0.1, 0.15) is 166 Å². The third-order valence-electron chi connectivity index (χ3n) is 14.1. The first kappa shape index (κ1) is 54.5. The van der Waals surface area contributed by atoms with Gasteiger partial charge in [0.05, 0.1) is 23.6 Å². The molecule has 0 spiro atoms. The molecule has 0 aromatic heterocycles. The van der Waals surface area contributed by atoms with E-state index in [-0.39, 0.29) is 79.4 Å².